The summed E-state index contributed by atoms with van der Waals surface area (Å²) < 4.78 is 215. The summed E-state index contributed by atoms with van der Waals surface area (Å²) in [6.45, 7) is 0. The van der Waals surface area contributed by atoms with Gasteiger partial charge in [0.15, 0.2) is 44.7 Å². The fourth-order valence-corrected chi connectivity index (χ4v) is 12.2. The van der Waals surface area contributed by atoms with Gasteiger partial charge in [-0.25, -0.2) is 48.4 Å². The Balaban J connectivity index is 0.000000188. The van der Waals surface area contributed by atoms with Crippen LogP contribution in [-0.2, 0) is 29.7 Å². The van der Waals surface area contributed by atoms with Crippen LogP contribution >= 0.6 is 10.5 Å². The predicted octanol–water partition coefficient (Wildman–Crippen LogP) is 8.88. The van der Waals surface area contributed by atoms with Crippen molar-refractivity contribution < 1.29 is 115 Å². The SMILES string of the molecule is O=C(OC(CS(=O)(=O)[O-])C(F)(F)F)c1c(F)c(F)c(F)c(F)c1F.O=C(OC(CS(=O)(=O)[O-])C(F)(F)F)c1ccccc1.c1ccc(-[s+]2c3ccccc3c3ccccc32)cc1.c1ccc([I+]c2ccccc2)cc1. The maximum absolute atomic E-state index is 13.3. The second-order valence-electron chi connectivity index (χ2n) is 14.9. The summed E-state index contributed by atoms with van der Waals surface area (Å²) in [7, 11) is -10.7. The van der Waals surface area contributed by atoms with E-state index in [-0.39, 0.29) is 37.2 Å². The molecule has 10 nitrogen and oxygen atoms in total. The lowest BCUT2D eigenvalue weighted by molar-refractivity contribution is -0.597. The monoisotopic (exact) mass is 1230 g/mol. The quantitative estimate of drug-likeness (QED) is 0.0232. The van der Waals surface area contributed by atoms with Gasteiger partial charge in [-0.1, -0.05) is 97.1 Å². The van der Waals surface area contributed by atoms with E-state index in [0.717, 1.165) is 0 Å². The number of carbonyl (C=O) groups is 2. The largest absolute Gasteiger partial charge is 0.748 e. The topological polar surface area (TPSA) is 167 Å². The van der Waals surface area contributed by atoms with E-state index in [4.69, 9.17) is 0 Å². The third kappa shape index (κ3) is 17.3. The summed E-state index contributed by atoms with van der Waals surface area (Å²) in [4.78, 5) is 24.1. The minimum absolute atomic E-state index is 0.0287. The summed E-state index contributed by atoms with van der Waals surface area (Å²) in [6, 6.07) is 56.5. The second kappa shape index (κ2) is 25.8. The number of hydrogen-bond donors (Lipinski definition) is 0. The van der Waals surface area contributed by atoms with Gasteiger partial charge in [-0.3, -0.25) is 0 Å². The first-order chi connectivity index (χ1) is 35.2. The molecule has 0 saturated carbocycles. The van der Waals surface area contributed by atoms with Crippen molar-refractivity contribution in [2.45, 2.75) is 24.6 Å². The molecule has 75 heavy (non-hydrogen) atoms. The number of ether oxygens (including phenoxy) is 2. The molecule has 1 heterocycles. The van der Waals surface area contributed by atoms with Gasteiger partial charge in [0.2, 0.25) is 18.0 Å². The predicted molar refractivity (Wildman–Crippen MR) is 248 cm³/mol. The smallest absolute Gasteiger partial charge is 0.426 e. The molecule has 0 N–H and O–H groups in total. The molecule has 2 unspecified atom stereocenters. The number of hydrogen-bond acceptors (Lipinski definition) is 10. The lowest BCUT2D eigenvalue weighted by Gasteiger charge is -2.22. The molecule has 2 atom stereocenters. The maximum Gasteiger partial charge on any atom is 0.426 e. The fourth-order valence-electron chi connectivity index (χ4n) is 6.25. The third-order valence-corrected chi connectivity index (χ3v) is 16.0. The number of fused-ring (bicyclic) bond motifs is 3. The average molecular weight is 1230 g/mol. The van der Waals surface area contributed by atoms with Gasteiger partial charge in [-0.2, -0.15) is 26.3 Å². The minimum atomic E-state index is -5.67. The molecule has 0 radical (unpaired) electrons. The zero-order valence-electron chi connectivity index (χ0n) is 37.6. The number of thiophene rings is 1. The molecular formula is C50H34F11IO10S3. The first-order valence-corrected chi connectivity index (χ1v) is 27.4. The molecule has 0 spiro atoms. The van der Waals surface area contributed by atoms with Crippen LogP contribution in [0.5, 0.6) is 0 Å². The van der Waals surface area contributed by atoms with Crippen molar-refractivity contribution >= 4 is 62.8 Å². The number of carbonyl (C=O) groups excluding carboxylic acids is 2. The molecule has 0 amide bonds. The third-order valence-electron chi connectivity index (χ3n) is 9.53. The Hall–Kier alpha value is -6.52. The molecular weight excluding hydrogens is 1190 g/mol. The number of rotatable bonds is 11. The van der Waals surface area contributed by atoms with E-state index in [2.05, 4.69) is 149 Å². The van der Waals surface area contributed by atoms with Crippen LogP contribution in [0.25, 0.3) is 25.1 Å². The normalized spacial score (nSPS) is 12.4. The summed E-state index contributed by atoms with van der Waals surface area (Å²) in [5, 5.41) is 2.79. The molecule has 7 aromatic carbocycles. The van der Waals surface area contributed by atoms with E-state index >= 15 is 0 Å². The molecule has 8 rings (SSSR count). The molecule has 1 aromatic heterocycles. The van der Waals surface area contributed by atoms with Crippen molar-refractivity contribution in [3.05, 3.63) is 217 Å². The van der Waals surface area contributed by atoms with Crippen molar-refractivity contribution in [2.75, 3.05) is 11.5 Å². The van der Waals surface area contributed by atoms with Crippen molar-refractivity contribution in [3.8, 4) is 4.90 Å². The Morgan fingerprint density at radius 1 is 0.467 bits per heavy atom. The number of esters is 2. The van der Waals surface area contributed by atoms with Crippen LogP contribution in [0.4, 0.5) is 48.3 Å². The standard InChI is InChI=1S/C18H13S.C12H10I.C10H4F8O5S.C10H9F3O5S/c1-2-8-14(9-3-1)19-17-12-6-4-10-15(17)16-11-5-7-13-18(16)19;1-3-7-11(8-4-1)13-12-9-5-2-6-10-12;11-4-3(5(12)7(14)8(15)6(4)13)9(19)23-2(10(16,17)18)1-24(20,21)22;11-10(12,13)8(6-19(15,16)17)18-9(14)7-4-2-1-3-5-7/h1-13H;1-10H;2H,1H2,(H,20,21,22);1-5,8H,6H2,(H,15,16,17)/q2*+1;;/p-2. The lowest BCUT2D eigenvalue weighted by Crippen LogP contribution is -3.61. The van der Waals surface area contributed by atoms with Crippen LogP contribution in [0.3, 0.4) is 0 Å². The van der Waals surface area contributed by atoms with Crippen LogP contribution in [0.1, 0.15) is 20.7 Å². The highest BCUT2D eigenvalue weighted by Gasteiger charge is 2.46. The Bertz CT molecular complexity index is 3330. The molecule has 0 aliphatic rings. The summed E-state index contributed by atoms with van der Waals surface area (Å²) >= 11 is 0.0287. The van der Waals surface area contributed by atoms with Crippen LogP contribution in [0, 0.1) is 36.2 Å². The first-order valence-electron chi connectivity index (χ1n) is 20.9. The average Bonchev–Trinajstić information content (AvgIpc) is 3.70. The van der Waals surface area contributed by atoms with E-state index < -0.39 is 103 Å². The zero-order valence-corrected chi connectivity index (χ0v) is 42.2. The molecule has 396 valence electrons. The second-order valence-corrected chi connectivity index (χ2v) is 22.8. The molecule has 0 bridgehead atoms. The number of benzene rings is 7. The Kier molecular flexibility index (Phi) is 20.4. The lowest BCUT2D eigenvalue weighted by atomic mass is 10.1. The van der Waals surface area contributed by atoms with Gasteiger partial charge < -0.3 is 18.6 Å². The number of halogens is 12. The van der Waals surface area contributed by atoms with E-state index in [9.17, 15) is 83.8 Å². The van der Waals surface area contributed by atoms with E-state index in [1.165, 1.54) is 62.5 Å². The molecule has 0 aliphatic carbocycles. The zero-order chi connectivity index (χ0) is 55.3. The van der Waals surface area contributed by atoms with Gasteiger partial charge in [0.25, 0.3) is 0 Å². The minimum Gasteiger partial charge on any atom is -0.748 e. The molecule has 25 heteroatoms. The number of alkyl halides is 6. The van der Waals surface area contributed by atoms with Gasteiger partial charge in [0.1, 0.15) is 5.56 Å². The molecule has 0 fully saturated rings. The van der Waals surface area contributed by atoms with Gasteiger partial charge in [-0.15, -0.1) is 0 Å². The van der Waals surface area contributed by atoms with Crippen LogP contribution in [0.15, 0.2) is 170 Å². The maximum atomic E-state index is 13.3. The Labute approximate surface area is 433 Å². The van der Waals surface area contributed by atoms with Crippen LogP contribution in [0.2, 0.25) is 0 Å². The molecule has 8 aromatic rings. The fraction of sp³-hybridized carbons (Fsp3) is 0.120. The van der Waals surface area contributed by atoms with Gasteiger partial charge in [0, 0.05) is 21.2 Å². The molecule has 0 aliphatic heterocycles. The van der Waals surface area contributed by atoms with E-state index in [1.54, 1.807) is 0 Å². The van der Waals surface area contributed by atoms with Gasteiger partial charge in [-0.05, 0) is 72.8 Å². The van der Waals surface area contributed by atoms with Crippen molar-refractivity contribution in [2.24, 2.45) is 0 Å². The molecule has 0 saturated heterocycles. The van der Waals surface area contributed by atoms with Gasteiger partial charge >= 0.3 is 45.5 Å². The summed E-state index contributed by atoms with van der Waals surface area (Å²) in [6.07, 6.45) is -17.5. The first kappa shape index (κ1) is 59.4. The Morgan fingerprint density at radius 2 is 0.787 bits per heavy atom. The summed E-state index contributed by atoms with van der Waals surface area (Å²) in [5.74, 6) is -21.8. The van der Waals surface area contributed by atoms with Crippen molar-refractivity contribution in [3.63, 3.8) is 0 Å². The van der Waals surface area contributed by atoms with Crippen molar-refractivity contribution in [1.29, 1.82) is 0 Å². The van der Waals surface area contributed by atoms with E-state index in [0.29, 0.717) is 0 Å². The van der Waals surface area contributed by atoms with Crippen LogP contribution in [-0.4, -0.2) is 73.9 Å². The van der Waals surface area contributed by atoms with Crippen LogP contribution < -0.4 is 21.2 Å². The highest BCUT2D eigenvalue weighted by atomic mass is 127. The highest BCUT2D eigenvalue weighted by molar-refractivity contribution is 7.86. The van der Waals surface area contributed by atoms with E-state index in [1.807, 2.05) is 0 Å². The van der Waals surface area contributed by atoms with Gasteiger partial charge in [0.05, 0.1) is 37.3 Å². The van der Waals surface area contributed by atoms with Crippen molar-refractivity contribution in [1.82, 2.24) is 0 Å². The Morgan fingerprint density at radius 3 is 1.16 bits per heavy atom. The summed E-state index contributed by atoms with van der Waals surface area (Å²) in [5.41, 5.74) is -2.55. The highest BCUT2D eigenvalue weighted by Crippen LogP contribution is 2.48.